The first kappa shape index (κ1) is 13.6. The minimum absolute atomic E-state index is 0.422. The molecule has 1 amide bonds. The summed E-state index contributed by atoms with van der Waals surface area (Å²) in [4.78, 5) is 17.9. The van der Waals surface area contributed by atoms with Crippen LogP contribution in [0.4, 0.5) is 5.82 Å². The lowest BCUT2D eigenvalue weighted by molar-refractivity contribution is 0.1000. The van der Waals surface area contributed by atoms with Crippen LogP contribution in [0.3, 0.4) is 0 Å². The van der Waals surface area contributed by atoms with Crippen LogP contribution in [0.1, 0.15) is 29.3 Å². The van der Waals surface area contributed by atoms with Crippen molar-refractivity contribution in [2.75, 3.05) is 18.0 Å². The Balaban J connectivity index is 1.67. The second-order valence-electron chi connectivity index (χ2n) is 5.66. The van der Waals surface area contributed by atoms with E-state index in [2.05, 4.69) is 28.0 Å². The fourth-order valence-electron chi connectivity index (χ4n) is 2.60. The lowest BCUT2D eigenvalue weighted by Gasteiger charge is -2.17. The lowest BCUT2D eigenvalue weighted by Crippen LogP contribution is -2.20. The number of carbonyl (C=O) groups excluding carboxylic acids is 1. The number of aromatic nitrogens is 3. The van der Waals surface area contributed by atoms with Crippen molar-refractivity contribution >= 4 is 11.7 Å². The number of carbonyl (C=O) groups is 1. The van der Waals surface area contributed by atoms with Gasteiger partial charge < -0.3 is 10.6 Å². The van der Waals surface area contributed by atoms with Crippen LogP contribution in [0.2, 0.25) is 0 Å². The number of nitrogens with two attached hydrogens (primary N) is 1. The Bertz CT molecular complexity index is 634. The molecule has 6 nitrogen and oxygen atoms in total. The topological polar surface area (TPSA) is 77.0 Å². The smallest absolute Gasteiger partial charge is 0.251 e. The van der Waals surface area contributed by atoms with Gasteiger partial charge in [-0.05, 0) is 24.0 Å². The maximum atomic E-state index is 11.0. The van der Waals surface area contributed by atoms with Gasteiger partial charge in [0.05, 0.1) is 18.3 Å². The van der Waals surface area contributed by atoms with Crippen molar-refractivity contribution < 1.29 is 4.79 Å². The quantitative estimate of drug-likeness (QED) is 0.917. The Morgan fingerprint density at radius 2 is 2.29 bits per heavy atom. The van der Waals surface area contributed by atoms with Crippen LogP contribution in [0.15, 0.2) is 30.7 Å². The van der Waals surface area contributed by atoms with E-state index in [-0.39, 0.29) is 0 Å². The van der Waals surface area contributed by atoms with Crippen molar-refractivity contribution in [3.8, 4) is 0 Å². The highest BCUT2D eigenvalue weighted by Gasteiger charge is 2.19. The summed E-state index contributed by atoms with van der Waals surface area (Å²) in [7, 11) is 0. The van der Waals surface area contributed by atoms with Crippen LogP contribution >= 0.6 is 0 Å². The first-order valence-electron chi connectivity index (χ1n) is 7.14. The molecule has 2 aromatic heterocycles. The van der Waals surface area contributed by atoms with Crippen LogP contribution in [0, 0.1) is 5.92 Å². The number of anilines is 1. The molecule has 2 N–H and O–H groups in total. The standard InChI is InChI=1S/C15H19N5O/c1-11-4-5-19(8-11)14-3-2-12(6-17-14)9-20-10-13(7-18-20)15(16)21/h2-3,6-7,10-11H,4-5,8-9H2,1H3,(H2,16,21)/t11-/m0/s1. The van der Waals surface area contributed by atoms with Gasteiger partial charge in [0.2, 0.25) is 0 Å². The van der Waals surface area contributed by atoms with Gasteiger partial charge in [-0.2, -0.15) is 5.10 Å². The zero-order valence-corrected chi connectivity index (χ0v) is 12.1. The molecule has 1 fully saturated rings. The van der Waals surface area contributed by atoms with E-state index in [1.54, 1.807) is 10.9 Å². The molecule has 0 bridgehead atoms. The van der Waals surface area contributed by atoms with Crippen LogP contribution in [-0.2, 0) is 6.54 Å². The van der Waals surface area contributed by atoms with Gasteiger partial charge in [0.25, 0.3) is 5.91 Å². The van der Waals surface area contributed by atoms with E-state index in [1.807, 2.05) is 12.3 Å². The molecule has 1 aliphatic heterocycles. The molecule has 0 aliphatic carbocycles. The van der Waals surface area contributed by atoms with E-state index in [9.17, 15) is 4.79 Å². The van der Waals surface area contributed by atoms with Crippen molar-refractivity contribution in [1.29, 1.82) is 0 Å². The Hall–Kier alpha value is -2.37. The maximum absolute atomic E-state index is 11.0. The summed E-state index contributed by atoms with van der Waals surface area (Å²) >= 11 is 0. The SMILES string of the molecule is C[C@H]1CCN(c2ccc(Cn3cc(C(N)=O)cn3)cn2)C1. The van der Waals surface area contributed by atoms with Crippen molar-refractivity contribution in [3.05, 3.63) is 41.9 Å². The second kappa shape index (κ2) is 5.55. The van der Waals surface area contributed by atoms with Gasteiger partial charge in [0, 0.05) is 25.5 Å². The largest absolute Gasteiger partial charge is 0.366 e. The van der Waals surface area contributed by atoms with Crippen molar-refractivity contribution in [2.24, 2.45) is 11.7 Å². The highest BCUT2D eigenvalue weighted by Crippen LogP contribution is 2.21. The van der Waals surface area contributed by atoms with Gasteiger partial charge in [-0.3, -0.25) is 9.48 Å². The fraction of sp³-hybridized carbons (Fsp3) is 0.400. The average molecular weight is 285 g/mol. The fourth-order valence-corrected chi connectivity index (χ4v) is 2.60. The minimum atomic E-state index is -0.460. The highest BCUT2D eigenvalue weighted by molar-refractivity contribution is 5.92. The molecule has 1 atom stereocenters. The molecule has 0 spiro atoms. The zero-order chi connectivity index (χ0) is 14.8. The normalized spacial score (nSPS) is 18.1. The monoisotopic (exact) mass is 285 g/mol. The zero-order valence-electron chi connectivity index (χ0n) is 12.1. The molecule has 0 unspecified atom stereocenters. The highest BCUT2D eigenvalue weighted by atomic mass is 16.1. The first-order chi connectivity index (χ1) is 10.1. The third-order valence-corrected chi connectivity index (χ3v) is 3.82. The summed E-state index contributed by atoms with van der Waals surface area (Å²) in [5.74, 6) is 1.31. The van der Waals surface area contributed by atoms with Crippen LogP contribution in [-0.4, -0.2) is 33.8 Å². The first-order valence-corrected chi connectivity index (χ1v) is 7.14. The van der Waals surface area contributed by atoms with Crippen molar-refractivity contribution in [1.82, 2.24) is 14.8 Å². The van der Waals surface area contributed by atoms with Crippen LogP contribution in [0.25, 0.3) is 0 Å². The molecule has 1 saturated heterocycles. The van der Waals surface area contributed by atoms with Gasteiger partial charge in [0.15, 0.2) is 0 Å². The molecule has 110 valence electrons. The van der Waals surface area contributed by atoms with E-state index in [4.69, 9.17) is 5.73 Å². The Morgan fingerprint density at radius 3 is 2.86 bits per heavy atom. The Labute approximate surface area is 123 Å². The molecule has 3 heterocycles. The van der Waals surface area contributed by atoms with Gasteiger partial charge in [-0.15, -0.1) is 0 Å². The van der Waals surface area contributed by atoms with Crippen LogP contribution in [0.5, 0.6) is 0 Å². The van der Waals surface area contributed by atoms with Gasteiger partial charge in [0.1, 0.15) is 5.82 Å². The van der Waals surface area contributed by atoms with Crippen LogP contribution < -0.4 is 10.6 Å². The van der Waals surface area contributed by atoms with E-state index in [0.717, 1.165) is 30.4 Å². The van der Waals surface area contributed by atoms with Gasteiger partial charge in [-0.25, -0.2) is 4.98 Å². The number of hydrogen-bond donors (Lipinski definition) is 1. The van der Waals surface area contributed by atoms with Gasteiger partial charge >= 0.3 is 0 Å². The number of primary amides is 1. The van der Waals surface area contributed by atoms with E-state index < -0.39 is 5.91 Å². The summed E-state index contributed by atoms with van der Waals surface area (Å²) in [6.07, 6.45) is 6.23. The van der Waals surface area contributed by atoms with E-state index in [0.29, 0.717) is 12.1 Å². The van der Waals surface area contributed by atoms with E-state index in [1.165, 1.54) is 12.6 Å². The third kappa shape index (κ3) is 3.04. The number of pyridine rings is 1. The molecular formula is C15H19N5O. The predicted octanol–water partition coefficient (Wildman–Crippen LogP) is 1.27. The third-order valence-electron chi connectivity index (χ3n) is 3.82. The molecule has 3 rings (SSSR count). The molecule has 0 radical (unpaired) electrons. The van der Waals surface area contributed by atoms with Crippen molar-refractivity contribution in [2.45, 2.75) is 19.9 Å². The number of nitrogens with zero attached hydrogens (tertiary/aromatic N) is 4. The molecule has 0 saturated carbocycles. The number of rotatable bonds is 4. The number of hydrogen-bond acceptors (Lipinski definition) is 4. The molecule has 0 aromatic carbocycles. The molecule has 21 heavy (non-hydrogen) atoms. The molecule has 1 aliphatic rings. The minimum Gasteiger partial charge on any atom is -0.366 e. The van der Waals surface area contributed by atoms with E-state index >= 15 is 0 Å². The second-order valence-corrected chi connectivity index (χ2v) is 5.66. The molecule has 6 heteroatoms. The summed E-state index contributed by atoms with van der Waals surface area (Å²) in [5, 5.41) is 4.12. The average Bonchev–Trinajstić information content (AvgIpc) is 3.09. The lowest BCUT2D eigenvalue weighted by atomic mass is 10.2. The summed E-state index contributed by atoms with van der Waals surface area (Å²) in [6, 6.07) is 4.10. The maximum Gasteiger partial charge on any atom is 0.251 e. The summed E-state index contributed by atoms with van der Waals surface area (Å²) < 4.78 is 1.69. The van der Waals surface area contributed by atoms with Crippen molar-refractivity contribution in [3.63, 3.8) is 0 Å². The molecular weight excluding hydrogens is 266 g/mol. The summed E-state index contributed by atoms with van der Waals surface area (Å²) in [5.41, 5.74) is 6.68. The Kier molecular flexibility index (Phi) is 3.60. The Morgan fingerprint density at radius 1 is 1.43 bits per heavy atom. The predicted molar refractivity (Wildman–Crippen MR) is 80.1 cm³/mol. The van der Waals surface area contributed by atoms with Gasteiger partial charge in [-0.1, -0.05) is 13.0 Å². The number of amides is 1. The molecule has 2 aromatic rings. The summed E-state index contributed by atoms with van der Waals surface area (Å²) in [6.45, 7) is 5.00.